The summed E-state index contributed by atoms with van der Waals surface area (Å²) in [5.41, 5.74) is 0.213. The third-order valence-corrected chi connectivity index (χ3v) is 2.18. The van der Waals surface area contributed by atoms with E-state index in [-0.39, 0.29) is 5.82 Å². The Morgan fingerprint density at radius 3 is 2.67 bits per heavy atom. The largest absolute Gasteiger partial charge is 0.496 e. The molecule has 1 aromatic carbocycles. The van der Waals surface area contributed by atoms with Gasteiger partial charge in [0, 0.05) is 0 Å². The highest BCUT2D eigenvalue weighted by atomic mass is 19.1. The number of rotatable bonds is 3. The van der Waals surface area contributed by atoms with Gasteiger partial charge in [-0.2, -0.15) is 5.26 Å². The van der Waals surface area contributed by atoms with Gasteiger partial charge in [0.15, 0.2) is 0 Å². The molecule has 0 radical (unpaired) electrons. The van der Waals surface area contributed by atoms with Gasteiger partial charge >= 0.3 is 0 Å². The number of hydrogen-bond donors (Lipinski definition) is 0. The molecule has 0 bridgehead atoms. The SMILES string of the molecule is COc1ccc(F)cc1CC(C)(C)C#N. The summed E-state index contributed by atoms with van der Waals surface area (Å²) in [7, 11) is 1.54. The van der Waals surface area contributed by atoms with Crippen LogP contribution in [0.15, 0.2) is 18.2 Å². The minimum atomic E-state index is -0.513. The molecule has 0 aliphatic carbocycles. The fraction of sp³-hybridized carbons (Fsp3) is 0.417. The van der Waals surface area contributed by atoms with Crippen LogP contribution in [-0.2, 0) is 6.42 Å². The summed E-state index contributed by atoms with van der Waals surface area (Å²) < 4.78 is 18.1. The van der Waals surface area contributed by atoms with Crippen LogP contribution < -0.4 is 4.74 Å². The zero-order valence-electron chi connectivity index (χ0n) is 9.17. The van der Waals surface area contributed by atoms with E-state index in [1.54, 1.807) is 6.07 Å². The third kappa shape index (κ3) is 2.95. The molecule has 0 spiro atoms. The van der Waals surface area contributed by atoms with Crippen LogP contribution >= 0.6 is 0 Å². The molecule has 1 rings (SSSR count). The Morgan fingerprint density at radius 1 is 1.47 bits per heavy atom. The minimum Gasteiger partial charge on any atom is -0.496 e. The average Bonchev–Trinajstić information content (AvgIpc) is 2.18. The number of nitriles is 1. The van der Waals surface area contributed by atoms with Gasteiger partial charge < -0.3 is 4.74 Å². The van der Waals surface area contributed by atoms with E-state index < -0.39 is 5.41 Å². The molecule has 0 fully saturated rings. The monoisotopic (exact) mass is 207 g/mol. The number of halogens is 1. The molecular weight excluding hydrogens is 193 g/mol. The minimum absolute atomic E-state index is 0.306. The van der Waals surface area contributed by atoms with Crippen molar-refractivity contribution in [2.75, 3.05) is 7.11 Å². The van der Waals surface area contributed by atoms with E-state index in [0.717, 1.165) is 5.56 Å². The third-order valence-electron chi connectivity index (χ3n) is 2.18. The van der Waals surface area contributed by atoms with Crippen molar-refractivity contribution in [2.24, 2.45) is 5.41 Å². The Labute approximate surface area is 89.3 Å². The molecule has 2 nitrogen and oxygen atoms in total. The lowest BCUT2D eigenvalue weighted by atomic mass is 9.87. The first-order valence-corrected chi connectivity index (χ1v) is 4.72. The van der Waals surface area contributed by atoms with E-state index >= 15 is 0 Å². The highest BCUT2D eigenvalue weighted by molar-refractivity contribution is 5.35. The zero-order chi connectivity index (χ0) is 11.5. The normalized spacial score (nSPS) is 10.9. The van der Waals surface area contributed by atoms with Crippen molar-refractivity contribution < 1.29 is 9.13 Å². The summed E-state index contributed by atoms with van der Waals surface area (Å²) in [5, 5.41) is 8.90. The first-order valence-electron chi connectivity index (χ1n) is 4.72. The maximum atomic E-state index is 13.0. The van der Waals surface area contributed by atoms with Gasteiger partial charge in [0.05, 0.1) is 18.6 Å². The summed E-state index contributed by atoms with van der Waals surface area (Å²) in [4.78, 5) is 0. The standard InChI is InChI=1S/C12H14FNO/c1-12(2,8-14)7-9-6-10(13)4-5-11(9)15-3/h4-6H,7H2,1-3H3. The van der Waals surface area contributed by atoms with E-state index in [1.807, 2.05) is 13.8 Å². The van der Waals surface area contributed by atoms with E-state index in [4.69, 9.17) is 10.00 Å². The van der Waals surface area contributed by atoms with Gasteiger partial charge in [-0.25, -0.2) is 4.39 Å². The van der Waals surface area contributed by atoms with Crippen LogP contribution in [0.3, 0.4) is 0 Å². The molecule has 1 aromatic rings. The lowest BCUT2D eigenvalue weighted by molar-refractivity contribution is 0.397. The first kappa shape index (κ1) is 11.5. The van der Waals surface area contributed by atoms with Crippen molar-refractivity contribution in [3.05, 3.63) is 29.6 Å². The quantitative estimate of drug-likeness (QED) is 0.763. The zero-order valence-corrected chi connectivity index (χ0v) is 9.17. The summed E-state index contributed by atoms with van der Waals surface area (Å²) in [5.74, 6) is 0.319. The molecule has 0 saturated heterocycles. The van der Waals surface area contributed by atoms with E-state index in [1.165, 1.54) is 19.2 Å². The number of nitrogens with zero attached hydrogens (tertiary/aromatic N) is 1. The summed E-state index contributed by atoms with van der Waals surface area (Å²) in [6.45, 7) is 3.63. The van der Waals surface area contributed by atoms with Crippen LogP contribution in [0.2, 0.25) is 0 Å². The van der Waals surface area contributed by atoms with Crippen molar-refractivity contribution >= 4 is 0 Å². The maximum absolute atomic E-state index is 13.0. The Kier molecular flexibility index (Phi) is 3.31. The van der Waals surface area contributed by atoms with E-state index in [2.05, 4.69) is 6.07 Å². The predicted molar refractivity (Wildman–Crippen MR) is 56.1 cm³/mol. The second-order valence-electron chi connectivity index (χ2n) is 4.13. The molecule has 0 aliphatic rings. The van der Waals surface area contributed by atoms with Gasteiger partial charge in [0.1, 0.15) is 11.6 Å². The molecule has 0 unspecified atom stereocenters. The molecule has 80 valence electrons. The summed E-state index contributed by atoms with van der Waals surface area (Å²) in [6, 6.07) is 6.53. The number of benzene rings is 1. The fourth-order valence-electron chi connectivity index (χ4n) is 1.40. The van der Waals surface area contributed by atoms with Gasteiger partial charge in [-0.15, -0.1) is 0 Å². The summed E-state index contributed by atoms with van der Waals surface area (Å²) in [6.07, 6.45) is 0.477. The molecule has 0 atom stereocenters. The highest BCUT2D eigenvalue weighted by Gasteiger charge is 2.20. The number of methoxy groups -OCH3 is 1. The van der Waals surface area contributed by atoms with Crippen molar-refractivity contribution in [2.45, 2.75) is 20.3 Å². The van der Waals surface area contributed by atoms with Gasteiger partial charge in [0.25, 0.3) is 0 Å². The molecule has 0 aromatic heterocycles. The average molecular weight is 207 g/mol. The Hall–Kier alpha value is -1.56. The molecule has 0 saturated carbocycles. The fourth-order valence-corrected chi connectivity index (χ4v) is 1.40. The number of hydrogen-bond acceptors (Lipinski definition) is 2. The summed E-state index contributed by atoms with van der Waals surface area (Å²) >= 11 is 0. The van der Waals surface area contributed by atoms with Crippen LogP contribution in [-0.4, -0.2) is 7.11 Å². The topological polar surface area (TPSA) is 33.0 Å². The molecule has 0 N–H and O–H groups in total. The smallest absolute Gasteiger partial charge is 0.123 e. The van der Waals surface area contributed by atoms with Gasteiger partial charge in [0.2, 0.25) is 0 Å². The van der Waals surface area contributed by atoms with E-state index in [9.17, 15) is 4.39 Å². The van der Waals surface area contributed by atoms with Crippen LogP contribution in [0.25, 0.3) is 0 Å². The van der Waals surface area contributed by atoms with Gasteiger partial charge in [-0.1, -0.05) is 0 Å². The van der Waals surface area contributed by atoms with Crippen molar-refractivity contribution in [1.82, 2.24) is 0 Å². The lowest BCUT2D eigenvalue weighted by Crippen LogP contribution is -2.12. The molecular formula is C12H14FNO. The molecule has 3 heteroatoms. The van der Waals surface area contributed by atoms with Crippen LogP contribution in [0.1, 0.15) is 19.4 Å². The van der Waals surface area contributed by atoms with Crippen LogP contribution in [0, 0.1) is 22.6 Å². The second-order valence-corrected chi connectivity index (χ2v) is 4.13. The highest BCUT2D eigenvalue weighted by Crippen LogP contribution is 2.27. The van der Waals surface area contributed by atoms with Gasteiger partial charge in [-0.3, -0.25) is 0 Å². The maximum Gasteiger partial charge on any atom is 0.123 e. The molecule has 15 heavy (non-hydrogen) atoms. The van der Waals surface area contributed by atoms with E-state index in [0.29, 0.717) is 12.2 Å². The van der Waals surface area contributed by atoms with Crippen LogP contribution in [0.5, 0.6) is 5.75 Å². The first-order chi connectivity index (χ1) is 6.98. The molecule has 0 aliphatic heterocycles. The Bertz CT molecular complexity index is 393. The molecule has 0 heterocycles. The predicted octanol–water partition coefficient (Wildman–Crippen LogP) is 2.93. The van der Waals surface area contributed by atoms with Gasteiger partial charge in [-0.05, 0) is 44.0 Å². The van der Waals surface area contributed by atoms with Crippen LogP contribution in [0.4, 0.5) is 4.39 Å². The Morgan fingerprint density at radius 2 is 2.13 bits per heavy atom. The van der Waals surface area contributed by atoms with Crippen molar-refractivity contribution in [3.8, 4) is 11.8 Å². The Balaban J connectivity index is 3.03. The van der Waals surface area contributed by atoms with Crippen molar-refractivity contribution in [1.29, 1.82) is 5.26 Å². The second kappa shape index (κ2) is 4.31. The molecule has 0 amide bonds. The lowest BCUT2D eigenvalue weighted by Gasteiger charge is -2.17. The number of ether oxygens (including phenoxy) is 1. The van der Waals surface area contributed by atoms with Crippen molar-refractivity contribution in [3.63, 3.8) is 0 Å².